The fourth-order valence-corrected chi connectivity index (χ4v) is 3.61. The van der Waals surface area contributed by atoms with Gasteiger partial charge in [-0.3, -0.25) is 4.57 Å². The molecule has 7 heteroatoms. The Labute approximate surface area is 177 Å². The maximum absolute atomic E-state index is 14.7. The van der Waals surface area contributed by atoms with Crippen LogP contribution < -0.4 is 9.47 Å². The summed E-state index contributed by atoms with van der Waals surface area (Å²) in [5.41, 5.74) is 3.14. The van der Waals surface area contributed by atoms with Gasteiger partial charge in [0.1, 0.15) is 23.1 Å². The Bertz CT molecular complexity index is 1250. The minimum atomic E-state index is -0.707. The van der Waals surface area contributed by atoms with Crippen molar-refractivity contribution < 1.29 is 18.3 Å². The summed E-state index contributed by atoms with van der Waals surface area (Å²) in [5.74, 6) is 0.0478. The summed E-state index contributed by atoms with van der Waals surface area (Å²) < 4.78 is 40.5. The molecule has 152 valence electrons. The van der Waals surface area contributed by atoms with Crippen molar-refractivity contribution in [2.24, 2.45) is 0 Å². The first-order valence-corrected chi connectivity index (χ1v) is 9.52. The summed E-state index contributed by atoms with van der Waals surface area (Å²) in [6, 6.07) is 18.2. The van der Waals surface area contributed by atoms with E-state index in [0.29, 0.717) is 22.9 Å². The van der Waals surface area contributed by atoms with E-state index in [1.807, 2.05) is 48.5 Å². The molecule has 0 fully saturated rings. The van der Waals surface area contributed by atoms with Gasteiger partial charge in [0.15, 0.2) is 4.77 Å². The van der Waals surface area contributed by atoms with Crippen molar-refractivity contribution in [2.45, 2.75) is 0 Å². The third-order valence-corrected chi connectivity index (χ3v) is 5.07. The molecule has 1 heterocycles. The SMILES string of the molecule is COc1ccc(-c2[nH]c(=S)n(-c3ccc(F)cc3F)c2-c2ccc(OC)cc2)cc1. The van der Waals surface area contributed by atoms with Crippen LogP contribution in [0, 0.1) is 16.4 Å². The minimum absolute atomic E-state index is 0.156. The highest BCUT2D eigenvalue weighted by Gasteiger charge is 2.20. The molecule has 0 aliphatic heterocycles. The van der Waals surface area contributed by atoms with Gasteiger partial charge in [0.2, 0.25) is 0 Å². The molecule has 0 atom stereocenters. The van der Waals surface area contributed by atoms with E-state index in [1.54, 1.807) is 18.8 Å². The molecule has 3 aromatic carbocycles. The van der Waals surface area contributed by atoms with Crippen LogP contribution >= 0.6 is 12.2 Å². The number of methoxy groups -OCH3 is 2. The zero-order chi connectivity index (χ0) is 21.3. The van der Waals surface area contributed by atoms with Crippen molar-refractivity contribution in [3.63, 3.8) is 0 Å². The van der Waals surface area contributed by atoms with E-state index in [2.05, 4.69) is 4.98 Å². The van der Waals surface area contributed by atoms with Crippen LogP contribution in [0.25, 0.3) is 28.2 Å². The van der Waals surface area contributed by atoms with Crippen molar-refractivity contribution in [1.29, 1.82) is 0 Å². The van der Waals surface area contributed by atoms with E-state index < -0.39 is 11.6 Å². The molecule has 4 aromatic rings. The monoisotopic (exact) mass is 424 g/mol. The van der Waals surface area contributed by atoms with Crippen LogP contribution in [0.5, 0.6) is 11.5 Å². The number of hydrogen-bond acceptors (Lipinski definition) is 3. The summed E-state index contributed by atoms with van der Waals surface area (Å²) in [4.78, 5) is 3.18. The van der Waals surface area contributed by atoms with Gasteiger partial charge in [0, 0.05) is 17.2 Å². The number of aromatic amines is 1. The summed E-state index contributed by atoms with van der Waals surface area (Å²) in [6.07, 6.45) is 0. The van der Waals surface area contributed by atoms with Crippen LogP contribution in [0.3, 0.4) is 0 Å². The number of ether oxygens (including phenoxy) is 2. The Kier molecular flexibility index (Phi) is 5.37. The average molecular weight is 424 g/mol. The largest absolute Gasteiger partial charge is 0.497 e. The summed E-state index contributed by atoms with van der Waals surface area (Å²) in [6.45, 7) is 0. The van der Waals surface area contributed by atoms with E-state index in [9.17, 15) is 8.78 Å². The van der Waals surface area contributed by atoms with E-state index in [4.69, 9.17) is 21.7 Å². The highest BCUT2D eigenvalue weighted by atomic mass is 32.1. The van der Waals surface area contributed by atoms with Gasteiger partial charge >= 0.3 is 0 Å². The second-order valence-electron chi connectivity index (χ2n) is 6.54. The molecule has 0 radical (unpaired) electrons. The molecule has 1 aromatic heterocycles. The smallest absolute Gasteiger partial charge is 0.182 e. The molecule has 1 N–H and O–H groups in total. The average Bonchev–Trinajstić information content (AvgIpc) is 3.10. The number of nitrogens with zero attached hydrogens (tertiary/aromatic N) is 1. The molecule has 4 nitrogen and oxygen atoms in total. The zero-order valence-electron chi connectivity index (χ0n) is 16.3. The highest BCUT2D eigenvalue weighted by molar-refractivity contribution is 7.71. The molecule has 0 amide bonds. The van der Waals surface area contributed by atoms with Crippen molar-refractivity contribution in [2.75, 3.05) is 14.2 Å². The van der Waals surface area contributed by atoms with Crippen LogP contribution in [0.1, 0.15) is 0 Å². The fourth-order valence-electron chi connectivity index (χ4n) is 3.32. The first kappa shape index (κ1) is 19.8. The van der Waals surface area contributed by atoms with Crippen LogP contribution in [0.4, 0.5) is 8.78 Å². The first-order chi connectivity index (χ1) is 14.5. The Morgan fingerprint density at radius 3 is 1.90 bits per heavy atom. The van der Waals surface area contributed by atoms with E-state index >= 15 is 0 Å². The lowest BCUT2D eigenvalue weighted by Crippen LogP contribution is -2.01. The van der Waals surface area contributed by atoms with Crippen molar-refractivity contribution in [3.8, 4) is 39.7 Å². The fraction of sp³-hybridized carbons (Fsp3) is 0.0870. The number of aromatic nitrogens is 2. The summed E-state index contributed by atoms with van der Waals surface area (Å²) in [5, 5.41) is 0. The highest BCUT2D eigenvalue weighted by Crippen LogP contribution is 2.36. The molecule has 30 heavy (non-hydrogen) atoms. The van der Waals surface area contributed by atoms with Crippen molar-refractivity contribution in [1.82, 2.24) is 9.55 Å². The summed E-state index contributed by atoms with van der Waals surface area (Å²) in [7, 11) is 3.18. The molecule has 0 saturated heterocycles. The van der Waals surface area contributed by atoms with Gasteiger partial charge in [0.05, 0.1) is 31.3 Å². The molecule has 0 bridgehead atoms. The van der Waals surface area contributed by atoms with E-state index in [-0.39, 0.29) is 10.5 Å². The molecular formula is C23H18F2N2O2S. The standard InChI is InChI=1S/C23H18F2N2O2S/c1-28-17-8-3-14(4-9-17)21-22(15-5-10-18(29-2)11-6-15)27(23(30)26-21)20-12-7-16(24)13-19(20)25/h3-13H,1-2H3,(H,26,30). The molecule has 0 aliphatic rings. The Hall–Kier alpha value is -3.45. The predicted molar refractivity (Wildman–Crippen MR) is 115 cm³/mol. The minimum Gasteiger partial charge on any atom is -0.497 e. The Morgan fingerprint density at radius 1 is 0.800 bits per heavy atom. The maximum atomic E-state index is 14.7. The number of benzene rings is 3. The lowest BCUT2D eigenvalue weighted by atomic mass is 10.0. The quantitative estimate of drug-likeness (QED) is 0.390. The van der Waals surface area contributed by atoms with Gasteiger partial charge in [-0.05, 0) is 72.9 Å². The van der Waals surface area contributed by atoms with Gasteiger partial charge < -0.3 is 14.5 Å². The van der Waals surface area contributed by atoms with Crippen LogP contribution in [0.2, 0.25) is 0 Å². The third-order valence-electron chi connectivity index (χ3n) is 4.79. The zero-order valence-corrected chi connectivity index (χ0v) is 17.1. The topological polar surface area (TPSA) is 39.2 Å². The lowest BCUT2D eigenvalue weighted by molar-refractivity contribution is 0.414. The molecule has 4 rings (SSSR count). The first-order valence-electron chi connectivity index (χ1n) is 9.11. The molecule has 0 spiro atoms. The number of H-pyrrole nitrogens is 1. The number of hydrogen-bond donors (Lipinski definition) is 1. The third kappa shape index (κ3) is 3.59. The normalized spacial score (nSPS) is 10.8. The maximum Gasteiger partial charge on any atom is 0.182 e. The number of halogens is 2. The van der Waals surface area contributed by atoms with Gasteiger partial charge in [-0.25, -0.2) is 8.78 Å². The van der Waals surface area contributed by atoms with Crippen LogP contribution in [0.15, 0.2) is 66.7 Å². The molecular weight excluding hydrogens is 406 g/mol. The lowest BCUT2D eigenvalue weighted by Gasteiger charge is -2.13. The van der Waals surface area contributed by atoms with Crippen molar-refractivity contribution >= 4 is 12.2 Å². The van der Waals surface area contributed by atoms with Gasteiger partial charge in [-0.1, -0.05) is 0 Å². The van der Waals surface area contributed by atoms with Crippen LogP contribution in [-0.2, 0) is 0 Å². The van der Waals surface area contributed by atoms with Gasteiger partial charge in [0.25, 0.3) is 0 Å². The number of imidazole rings is 1. The van der Waals surface area contributed by atoms with Gasteiger partial charge in [-0.15, -0.1) is 0 Å². The predicted octanol–water partition coefficient (Wildman–Crippen LogP) is 6.16. The Balaban J connectivity index is 1.99. The second kappa shape index (κ2) is 8.12. The second-order valence-corrected chi connectivity index (χ2v) is 6.93. The summed E-state index contributed by atoms with van der Waals surface area (Å²) >= 11 is 5.53. The molecule has 0 saturated carbocycles. The number of rotatable bonds is 5. The Morgan fingerprint density at radius 2 is 1.37 bits per heavy atom. The number of nitrogens with one attached hydrogen (secondary N) is 1. The molecule has 0 aliphatic carbocycles. The van der Waals surface area contributed by atoms with Gasteiger partial charge in [-0.2, -0.15) is 0 Å². The van der Waals surface area contributed by atoms with E-state index in [1.165, 1.54) is 12.1 Å². The van der Waals surface area contributed by atoms with E-state index in [0.717, 1.165) is 17.2 Å². The van der Waals surface area contributed by atoms with Crippen molar-refractivity contribution in [3.05, 3.63) is 83.1 Å². The van der Waals surface area contributed by atoms with Crippen LogP contribution in [-0.4, -0.2) is 23.8 Å². The molecule has 0 unspecified atom stereocenters.